The van der Waals surface area contributed by atoms with E-state index in [4.69, 9.17) is 0 Å². The lowest BCUT2D eigenvalue weighted by Crippen LogP contribution is -2.36. The van der Waals surface area contributed by atoms with Crippen LogP contribution in [0.4, 0.5) is 9.52 Å². The van der Waals surface area contributed by atoms with Crippen molar-refractivity contribution >= 4 is 16.5 Å². The summed E-state index contributed by atoms with van der Waals surface area (Å²) in [4.78, 5) is 6.94. The first-order valence-corrected chi connectivity index (χ1v) is 8.16. The van der Waals surface area contributed by atoms with E-state index in [1.165, 1.54) is 12.1 Å². The summed E-state index contributed by atoms with van der Waals surface area (Å²) >= 11 is 1.62. The topological polar surface area (TPSA) is 36.4 Å². The summed E-state index contributed by atoms with van der Waals surface area (Å²) in [6, 6.07) is 6.44. The lowest BCUT2D eigenvalue weighted by atomic mass is 9.92. The van der Waals surface area contributed by atoms with Crippen molar-refractivity contribution in [2.75, 3.05) is 18.0 Å². The van der Waals surface area contributed by atoms with E-state index in [1.54, 1.807) is 23.5 Å². The SMILES string of the molecule is CC(O)C1CCN(c2nc(-c3ccc(F)cc3)cs2)CC1. The fourth-order valence-corrected chi connectivity index (χ4v) is 3.62. The number of aliphatic hydroxyl groups is 1. The van der Waals surface area contributed by atoms with Crippen LogP contribution in [0.3, 0.4) is 0 Å². The Bertz CT molecular complexity index is 589. The van der Waals surface area contributed by atoms with Crippen LogP contribution in [0.25, 0.3) is 11.3 Å². The Labute approximate surface area is 128 Å². The van der Waals surface area contributed by atoms with Gasteiger partial charge in [-0.3, -0.25) is 0 Å². The van der Waals surface area contributed by atoms with Gasteiger partial charge in [-0.05, 0) is 49.9 Å². The van der Waals surface area contributed by atoms with Crippen LogP contribution in [-0.2, 0) is 0 Å². The van der Waals surface area contributed by atoms with Crippen LogP contribution in [-0.4, -0.2) is 29.3 Å². The van der Waals surface area contributed by atoms with E-state index in [9.17, 15) is 9.50 Å². The molecule has 5 heteroatoms. The molecule has 3 nitrogen and oxygen atoms in total. The Kier molecular flexibility index (Phi) is 4.22. The van der Waals surface area contributed by atoms with Gasteiger partial charge in [0.15, 0.2) is 5.13 Å². The van der Waals surface area contributed by atoms with Gasteiger partial charge in [0.1, 0.15) is 5.82 Å². The van der Waals surface area contributed by atoms with Gasteiger partial charge in [-0.25, -0.2) is 9.37 Å². The molecule has 1 fully saturated rings. The molecule has 3 rings (SSSR count). The lowest BCUT2D eigenvalue weighted by molar-refractivity contribution is 0.110. The number of benzene rings is 1. The second kappa shape index (κ2) is 6.12. The highest BCUT2D eigenvalue weighted by molar-refractivity contribution is 7.14. The summed E-state index contributed by atoms with van der Waals surface area (Å²) in [5, 5.41) is 12.7. The predicted octanol–water partition coefficient (Wildman–Crippen LogP) is 3.55. The maximum absolute atomic E-state index is 13.0. The molecule has 1 aliphatic rings. The second-order valence-electron chi connectivity index (χ2n) is 5.59. The van der Waals surface area contributed by atoms with Gasteiger partial charge >= 0.3 is 0 Å². The summed E-state index contributed by atoms with van der Waals surface area (Å²) in [5.74, 6) is 0.173. The van der Waals surface area contributed by atoms with E-state index >= 15 is 0 Å². The van der Waals surface area contributed by atoms with E-state index in [0.29, 0.717) is 5.92 Å². The molecule has 0 amide bonds. The summed E-state index contributed by atoms with van der Waals surface area (Å²) in [6.45, 7) is 3.74. The van der Waals surface area contributed by atoms with E-state index < -0.39 is 0 Å². The molecule has 1 aromatic carbocycles. The fourth-order valence-electron chi connectivity index (χ4n) is 2.74. The summed E-state index contributed by atoms with van der Waals surface area (Å²) in [6.07, 6.45) is 1.78. The number of aromatic nitrogens is 1. The molecule has 1 aliphatic heterocycles. The lowest BCUT2D eigenvalue weighted by Gasteiger charge is -2.33. The highest BCUT2D eigenvalue weighted by Crippen LogP contribution is 2.31. The Morgan fingerprint density at radius 3 is 2.57 bits per heavy atom. The number of rotatable bonds is 3. The second-order valence-corrected chi connectivity index (χ2v) is 6.42. The first kappa shape index (κ1) is 14.5. The molecule has 1 N–H and O–H groups in total. The van der Waals surface area contributed by atoms with Gasteiger partial charge in [0.2, 0.25) is 0 Å². The van der Waals surface area contributed by atoms with E-state index in [-0.39, 0.29) is 11.9 Å². The third-order valence-corrected chi connectivity index (χ3v) is 5.03. The number of thiazole rings is 1. The molecule has 1 saturated heterocycles. The number of halogens is 1. The predicted molar refractivity (Wildman–Crippen MR) is 84.1 cm³/mol. The fraction of sp³-hybridized carbons (Fsp3) is 0.438. The number of piperidine rings is 1. The van der Waals surface area contributed by atoms with Gasteiger partial charge in [-0.2, -0.15) is 0 Å². The van der Waals surface area contributed by atoms with Crippen LogP contribution < -0.4 is 4.90 Å². The van der Waals surface area contributed by atoms with Crippen molar-refractivity contribution < 1.29 is 9.50 Å². The zero-order valence-electron chi connectivity index (χ0n) is 12.0. The van der Waals surface area contributed by atoms with E-state index in [1.807, 2.05) is 12.3 Å². The minimum atomic E-state index is -0.227. The largest absolute Gasteiger partial charge is 0.393 e. The Morgan fingerprint density at radius 2 is 1.95 bits per heavy atom. The summed E-state index contributed by atoms with van der Waals surface area (Å²) < 4.78 is 13.0. The molecule has 1 aromatic heterocycles. The van der Waals surface area contributed by atoms with Crippen molar-refractivity contribution in [3.8, 4) is 11.3 Å². The molecular weight excluding hydrogens is 287 g/mol. The van der Waals surface area contributed by atoms with Gasteiger partial charge in [-0.1, -0.05) is 0 Å². The number of anilines is 1. The molecule has 0 radical (unpaired) electrons. The highest BCUT2D eigenvalue weighted by atomic mass is 32.1. The minimum Gasteiger partial charge on any atom is -0.393 e. The molecule has 0 bridgehead atoms. The van der Waals surface area contributed by atoms with E-state index in [2.05, 4.69) is 9.88 Å². The van der Waals surface area contributed by atoms with E-state index in [0.717, 1.165) is 42.3 Å². The van der Waals surface area contributed by atoms with Crippen molar-refractivity contribution in [3.05, 3.63) is 35.5 Å². The van der Waals surface area contributed by atoms with Gasteiger partial charge in [0.25, 0.3) is 0 Å². The Balaban J connectivity index is 1.70. The monoisotopic (exact) mass is 306 g/mol. The third kappa shape index (κ3) is 3.24. The van der Waals surface area contributed by atoms with Crippen molar-refractivity contribution in [3.63, 3.8) is 0 Å². The van der Waals surface area contributed by atoms with Crippen LogP contribution in [0, 0.1) is 11.7 Å². The molecule has 0 aliphatic carbocycles. The smallest absolute Gasteiger partial charge is 0.185 e. The average molecular weight is 306 g/mol. The van der Waals surface area contributed by atoms with Crippen molar-refractivity contribution in [1.82, 2.24) is 4.98 Å². The first-order chi connectivity index (χ1) is 10.1. The van der Waals surface area contributed by atoms with Crippen LogP contribution in [0.15, 0.2) is 29.6 Å². The third-order valence-electron chi connectivity index (χ3n) is 4.12. The molecule has 1 unspecified atom stereocenters. The van der Waals surface area contributed by atoms with Gasteiger partial charge in [-0.15, -0.1) is 11.3 Å². The standard InChI is InChI=1S/C16H19FN2OS/c1-11(20)12-6-8-19(9-7-12)16-18-15(10-21-16)13-2-4-14(17)5-3-13/h2-5,10-12,20H,6-9H2,1H3. The Hall–Kier alpha value is -1.46. The van der Waals surface area contributed by atoms with Crippen LogP contribution >= 0.6 is 11.3 Å². The molecule has 21 heavy (non-hydrogen) atoms. The van der Waals surface area contributed by atoms with Gasteiger partial charge < -0.3 is 10.0 Å². The average Bonchev–Trinajstić information content (AvgIpc) is 2.98. The number of nitrogens with zero attached hydrogens (tertiary/aromatic N) is 2. The molecule has 112 valence electrons. The van der Waals surface area contributed by atoms with Gasteiger partial charge in [0.05, 0.1) is 11.8 Å². The summed E-state index contributed by atoms with van der Waals surface area (Å²) in [5.41, 5.74) is 1.84. The Morgan fingerprint density at radius 1 is 1.29 bits per heavy atom. The first-order valence-electron chi connectivity index (χ1n) is 7.28. The molecule has 1 atom stereocenters. The summed E-state index contributed by atoms with van der Waals surface area (Å²) in [7, 11) is 0. The van der Waals surface area contributed by atoms with Gasteiger partial charge in [0, 0.05) is 24.0 Å². The quantitative estimate of drug-likeness (QED) is 0.942. The maximum atomic E-state index is 13.0. The maximum Gasteiger partial charge on any atom is 0.185 e. The van der Waals surface area contributed by atoms with Crippen LogP contribution in [0.1, 0.15) is 19.8 Å². The molecule has 0 spiro atoms. The molecule has 2 heterocycles. The zero-order valence-corrected chi connectivity index (χ0v) is 12.8. The van der Waals surface area contributed by atoms with Crippen LogP contribution in [0.5, 0.6) is 0 Å². The minimum absolute atomic E-state index is 0.224. The zero-order chi connectivity index (χ0) is 14.8. The normalized spacial score (nSPS) is 18.0. The molecular formula is C16H19FN2OS. The number of aliphatic hydroxyl groups excluding tert-OH is 1. The molecule has 0 saturated carbocycles. The van der Waals surface area contributed by atoms with Crippen molar-refractivity contribution in [1.29, 1.82) is 0 Å². The molecule has 2 aromatic rings. The number of hydrogen-bond donors (Lipinski definition) is 1. The van der Waals surface area contributed by atoms with Crippen molar-refractivity contribution in [2.24, 2.45) is 5.92 Å². The highest BCUT2D eigenvalue weighted by Gasteiger charge is 2.24. The number of hydrogen-bond acceptors (Lipinski definition) is 4. The van der Waals surface area contributed by atoms with Crippen LogP contribution in [0.2, 0.25) is 0 Å². The van der Waals surface area contributed by atoms with Crippen molar-refractivity contribution in [2.45, 2.75) is 25.9 Å².